The van der Waals surface area contributed by atoms with Crippen LogP contribution in [0, 0.1) is 0 Å². The molecule has 1 heterocycles. The maximum absolute atomic E-state index is 12.2. The Morgan fingerprint density at radius 3 is 2.25 bits per heavy atom. The van der Waals surface area contributed by atoms with Gasteiger partial charge in [-0.1, -0.05) is 42.5 Å². The first-order valence-electron chi connectivity index (χ1n) is 8.20. The molecule has 1 N–H and O–H groups in total. The van der Waals surface area contributed by atoms with Gasteiger partial charge in [0.15, 0.2) is 18.1 Å². The molecule has 1 amide bonds. The first-order chi connectivity index (χ1) is 11.8. The fourth-order valence-electron chi connectivity index (χ4n) is 2.57. The second-order valence-corrected chi connectivity index (χ2v) is 5.64. The summed E-state index contributed by atoms with van der Waals surface area (Å²) in [5.74, 6) is 1.25. The third kappa shape index (κ3) is 4.49. The summed E-state index contributed by atoms with van der Waals surface area (Å²) in [5.41, 5.74) is 1.09. The van der Waals surface area contributed by atoms with Crippen LogP contribution in [0.25, 0.3) is 0 Å². The van der Waals surface area contributed by atoms with E-state index in [0.29, 0.717) is 18.1 Å². The molecule has 1 fully saturated rings. The van der Waals surface area contributed by atoms with Crippen LogP contribution in [0.15, 0.2) is 54.6 Å². The second kappa shape index (κ2) is 8.36. The van der Waals surface area contributed by atoms with Gasteiger partial charge in [0.1, 0.15) is 6.61 Å². The van der Waals surface area contributed by atoms with Crippen molar-refractivity contribution in [2.75, 3.05) is 32.8 Å². The molecule has 2 aromatic carbocycles. The van der Waals surface area contributed by atoms with Gasteiger partial charge in [0.25, 0.3) is 5.91 Å². The van der Waals surface area contributed by atoms with Crippen molar-refractivity contribution in [2.24, 2.45) is 0 Å². The zero-order valence-electron chi connectivity index (χ0n) is 13.6. The van der Waals surface area contributed by atoms with Crippen molar-refractivity contribution in [2.45, 2.75) is 6.61 Å². The number of amides is 1. The van der Waals surface area contributed by atoms with Gasteiger partial charge >= 0.3 is 0 Å². The number of hydrogen-bond acceptors (Lipinski definition) is 4. The van der Waals surface area contributed by atoms with E-state index in [9.17, 15) is 4.79 Å². The monoisotopic (exact) mass is 326 g/mol. The van der Waals surface area contributed by atoms with Crippen molar-refractivity contribution in [3.05, 3.63) is 60.2 Å². The minimum Gasteiger partial charge on any atom is -0.485 e. The fraction of sp³-hybridized carbons (Fsp3) is 0.316. The average Bonchev–Trinajstić information content (AvgIpc) is 2.66. The van der Waals surface area contributed by atoms with Crippen molar-refractivity contribution >= 4 is 5.91 Å². The molecule has 5 heteroatoms. The lowest BCUT2D eigenvalue weighted by Gasteiger charge is -2.27. The Hall–Kier alpha value is -2.53. The van der Waals surface area contributed by atoms with Crippen LogP contribution in [0.1, 0.15) is 5.56 Å². The van der Waals surface area contributed by atoms with Crippen LogP contribution in [0.3, 0.4) is 0 Å². The predicted octanol–water partition coefficient (Wildman–Crippen LogP) is 2.08. The second-order valence-electron chi connectivity index (χ2n) is 5.64. The van der Waals surface area contributed by atoms with Gasteiger partial charge in [0.05, 0.1) is 0 Å². The van der Waals surface area contributed by atoms with Gasteiger partial charge in [-0.05, 0) is 17.7 Å². The lowest BCUT2D eigenvalue weighted by molar-refractivity contribution is -0.133. The van der Waals surface area contributed by atoms with Crippen LogP contribution in [-0.2, 0) is 11.4 Å². The predicted molar refractivity (Wildman–Crippen MR) is 92.2 cm³/mol. The normalized spacial score (nSPS) is 14.2. The molecule has 3 rings (SSSR count). The van der Waals surface area contributed by atoms with Gasteiger partial charge in [-0.2, -0.15) is 0 Å². The van der Waals surface area contributed by atoms with Crippen LogP contribution < -0.4 is 14.8 Å². The van der Waals surface area contributed by atoms with Gasteiger partial charge in [-0.25, -0.2) is 0 Å². The number of hydrogen-bond donors (Lipinski definition) is 1. The summed E-state index contributed by atoms with van der Waals surface area (Å²) in [4.78, 5) is 14.0. The number of nitrogens with one attached hydrogen (secondary N) is 1. The maximum atomic E-state index is 12.2. The van der Waals surface area contributed by atoms with Crippen LogP contribution in [0.5, 0.6) is 11.5 Å². The highest BCUT2D eigenvalue weighted by molar-refractivity contribution is 5.78. The summed E-state index contributed by atoms with van der Waals surface area (Å²) in [6, 6.07) is 17.4. The summed E-state index contributed by atoms with van der Waals surface area (Å²) >= 11 is 0. The van der Waals surface area contributed by atoms with E-state index in [1.807, 2.05) is 59.5 Å². The van der Waals surface area contributed by atoms with E-state index in [4.69, 9.17) is 9.47 Å². The van der Waals surface area contributed by atoms with Crippen LogP contribution >= 0.6 is 0 Å². The summed E-state index contributed by atoms with van der Waals surface area (Å²) in [6.07, 6.45) is 0. The first kappa shape index (κ1) is 16.3. The Morgan fingerprint density at radius 1 is 0.917 bits per heavy atom. The molecule has 0 aromatic heterocycles. The highest BCUT2D eigenvalue weighted by Gasteiger charge is 2.17. The summed E-state index contributed by atoms with van der Waals surface area (Å²) in [7, 11) is 0. The number of piperazine rings is 1. The molecule has 1 aliphatic rings. The van der Waals surface area contributed by atoms with E-state index in [-0.39, 0.29) is 12.5 Å². The lowest BCUT2D eigenvalue weighted by Crippen LogP contribution is -2.47. The molecule has 0 saturated carbocycles. The van der Waals surface area contributed by atoms with Crippen molar-refractivity contribution in [3.63, 3.8) is 0 Å². The number of carbonyl (C=O) groups is 1. The minimum absolute atomic E-state index is 0.00867. The molecule has 0 unspecified atom stereocenters. The molecular weight excluding hydrogens is 304 g/mol. The van der Waals surface area contributed by atoms with E-state index in [0.717, 1.165) is 31.7 Å². The molecule has 2 aromatic rings. The van der Waals surface area contributed by atoms with E-state index in [1.54, 1.807) is 0 Å². The Balaban J connectivity index is 1.56. The number of rotatable bonds is 6. The molecule has 0 spiro atoms. The highest BCUT2D eigenvalue weighted by atomic mass is 16.5. The molecule has 1 saturated heterocycles. The summed E-state index contributed by atoms with van der Waals surface area (Å²) < 4.78 is 11.5. The van der Waals surface area contributed by atoms with E-state index in [2.05, 4.69) is 5.32 Å². The van der Waals surface area contributed by atoms with Gasteiger partial charge in [0.2, 0.25) is 0 Å². The summed E-state index contributed by atoms with van der Waals surface area (Å²) in [5, 5.41) is 3.23. The van der Waals surface area contributed by atoms with Crippen LogP contribution in [-0.4, -0.2) is 43.6 Å². The van der Waals surface area contributed by atoms with Crippen LogP contribution in [0.4, 0.5) is 0 Å². The average molecular weight is 326 g/mol. The SMILES string of the molecule is O=C(COc1ccccc1OCc1ccccc1)N1CCNCC1. The lowest BCUT2D eigenvalue weighted by atomic mass is 10.2. The number of ether oxygens (including phenoxy) is 2. The minimum atomic E-state index is 0.00867. The Kier molecular flexibility index (Phi) is 5.69. The molecule has 5 nitrogen and oxygen atoms in total. The number of carbonyl (C=O) groups excluding carboxylic acids is 1. The quantitative estimate of drug-likeness (QED) is 0.883. The highest BCUT2D eigenvalue weighted by Crippen LogP contribution is 2.27. The van der Waals surface area contributed by atoms with E-state index < -0.39 is 0 Å². The number of nitrogens with zero attached hydrogens (tertiary/aromatic N) is 1. The Morgan fingerprint density at radius 2 is 1.54 bits per heavy atom. The number of benzene rings is 2. The smallest absolute Gasteiger partial charge is 0.260 e. The molecule has 0 radical (unpaired) electrons. The molecule has 0 aliphatic carbocycles. The zero-order valence-corrected chi connectivity index (χ0v) is 13.6. The third-order valence-electron chi connectivity index (χ3n) is 3.91. The van der Waals surface area contributed by atoms with Crippen molar-refractivity contribution in [1.29, 1.82) is 0 Å². The molecule has 24 heavy (non-hydrogen) atoms. The maximum Gasteiger partial charge on any atom is 0.260 e. The third-order valence-corrected chi connectivity index (χ3v) is 3.91. The fourth-order valence-corrected chi connectivity index (χ4v) is 2.57. The Labute approximate surface area is 142 Å². The molecule has 0 atom stereocenters. The van der Waals surface area contributed by atoms with Crippen molar-refractivity contribution < 1.29 is 14.3 Å². The standard InChI is InChI=1S/C19H22N2O3/c22-19(21-12-10-20-11-13-21)15-24-18-9-5-4-8-17(18)23-14-16-6-2-1-3-7-16/h1-9,20H,10-15H2. The zero-order chi connectivity index (χ0) is 16.6. The van der Waals surface area contributed by atoms with Crippen LogP contribution in [0.2, 0.25) is 0 Å². The van der Waals surface area contributed by atoms with Crippen molar-refractivity contribution in [1.82, 2.24) is 10.2 Å². The molecule has 1 aliphatic heterocycles. The van der Waals surface area contributed by atoms with E-state index in [1.165, 1.54) is 0 Å². The van der Waals surface area contributed by atoms with Gasteiger partial charge in [0, 0.05) is 26.2 Å². The number of para-hydroxylation sites is 2. The topological polar surface area (TPSA) is 50.8 Å². The summed E-state index contributed by atoms with van der Waals surface area (Å²) in [6.45, 7) is 3.63. The Bertz CT molecular complexity index is 655. The molecule has 0 bridgehead atoms. The largest absolute Gasteiger partial charge is 0.485 e. The molecular formula is C19H22N2O3. The van der Waals surface area contributed by atoms with Crippen molar-refractivity contribution in [3.8, 4) is 11.5 Å². The van der Waals surface area contributed by atoms with Gasteiger partial charge in [-0.3, -0.25) is 4.79 Å². The first-order valence-corrected chi connectivity index (χ1v) is 8.20. The van der Waals surface area contributed by atoms with Gasteiger partial charge < -0.3 is 19.7 Å². The van der Waals surface area contributed by atoms with E-state index >= 15 is 0 Å². The molecule has 126 valence electrons. The van der Waals surface area contributed by atoms with Gasteiger partial charge in [-0.15, -0.1) is 0 Å².